The fraction of sp³-hybridized carbons (Fsp3) is 0.679. The van der Waals surface area contributed by atoms with Crippen molar-refractivity contribution >= 4 is 17.9 Å². The first kappa shape index (κ1) is 55.6. The largest absolute Gasteiger partial charge is 0.462 e. The predicted octanol–water partition coefficient (Wildman–Crippen LogP) is 15.6. The van der Waals surface area contributed by atoms with Crippen LogP contribution in [0.5, 0.6) is 0 Å². The number of carbonyl (C=O) groups excluding carboxylic acids is 3. The molecule has 0 aromatic rings. The van der Waals surface area contributed by atoms with Gasteiger partial charge in [0, 0.05) is 19.3 Å². The van der Waals surface area contributed by atoms with Gasteiger partial charge >= 0.3 is 17.9 Å². The zero-order chi connectivity index (χ0) is 43.0. The molecule has 0 aliphatic heterocycles. The first-order valence-corrected chi connectivity index (χ1v) is 24.1. The van der Waals surface area contributed by atoms with E-state index < -0.39 is 6.10 Å². The number of hydrogen-bond acceptors (Lipinski definition) is 6. The number of esters is 3. The van der Waals surface area contributed by atoms with E-state index in [1.807, 2.05) is 0 Å². The molecule has 1 unspecified atom stereocenters. The summed E-state index contributed by atoms with van der Waals surface area (Å²) in [4.78, 5) is 37.8. The smallest absolute Gasteiger partial charge is 0.306 e. The van der Waals surface area contributed by atoms with Gasteiger partial charge in [0.15, 0.2) is 6.10 Å². The van der Waals surface area contributed by atoms with E-state index in [1.54, 1.807) is 0 Å². The van der Waals surface area contributed by atoms with E-state index in [-0.39, 0.29) is 31.1 Å². The predicted molar refractivity (Wildman–Crippen MR) is 251 cm³/mol. The maximum atomic E-state index is 12.7. The van der Waals surface area contributed by atoms with Gasteiger partial charge in [0.2, 0.25) is 0 Å². The van der Waals surface area contributed by atoms with Crippen LogP contribution in [-0.2, 0) is 28.6 Å². The van der Waals surface area contributed by atoms with Gasteiger partial charge in [-0.25, -0.2) is 0 Å². The van der Waals surface area contributed by atoms with Gasteiger partial charge in [0.1, 0.15) is 13.2 Å². The summed E-state index contributed by atoms with van der Waals surface area (Å²) in [5.41, 5.74) is 0. The van der Waals surface area contributed by atoms with Crippen LogP contribution in [0.15, 0.2) is 85.1 Å². The van der Waals surface area contributed by atoms with Crippen molar-refractivity contribution in [2.24, 2.45) is 0 Å². The van der Waals surface area contributed by atoms with Gasteiger partial charge in [0.25, 0.3) is 0 Å². The first-order valence-electron chi connectivity index (χ1n) is 24.1. The average Bonchev–Trinajstić information content (AvgIpc) is 3.23. The lowest BCUT2D eigenvalue weighted by Gasteiger charge is -2.18. The van der Waals surface area contributed by atoms with Gasteiger partial charge in [-0.3, -0.25) is 14.4 Å². The Bertz CT molecular complexity index is 1170. The molecule has 0 N–H and O–H groups in total. The molecule has 0 aromatic carbocycles. The standard InChI is InChI=1S/C53H88O6/c1-4-7-10-13-16-19-22-25-26-27-29-31-34-37-40-43-46-52(55)58-49-50(48-57-51(54)45-42-39-36-33-30-24-21-18-15-12-9-6-3)59-53(56)47-44-41-38-35-32-28-23-20-17-14-11-8-5-2/h7,9-10,12,16,18-19,21,25-26,28,30,32-33,50H,4-6,8,11,13-15,17,20,22-24,27,29,31,34-49H2,1-3H3/b10-7-,12-9-,19-16-,21-18-,26-25-,32-28-,33-30-. The normalized spacial score (nSPS) is 12.8. The number of rotatable bonds is 42. The summed E-state index contributed by atoms with van der Waals surface area (Å²) in [5.74, 6) is -0.977. The third kappa shape index (κ3) is 45.5. The highest BCUT2D eigenvalue weighted by molar-refractivity contribution is 5.71. The highest BCUT2D eigenvalue weighted by Crippen LogP contribution is 2.13. The van der Waals surface area contributed by atoms with E-state index in [4.69, 9.17) is 14.2 Å². The lowest BCUT2D eigenvalue weighted by Crippen LogP contribution is -2.30. The van der Waals surface area contributed by atoms with Crippen molar-refractivity contribution < 1.29 is 28.6 Å². The molecule has 0 bridgehead atoms. The van der Waals surface area contributed by atoms with Crippen LogP contribution < -0.4 is 0 Å². The minimum Gasteiger partial charge on any atom is -0.462 e. The quantitative estimate of drug-likeness (QED) is 0.0264. The summed E-state index contributed by atoms with van der Waals surface area (Å²) < 4.78 is 16.7. The summed E-state index contributed by atoms with van der Waals surface area (Å²) in [7, 11) is 0. The number of carbonyl (C=O) groups is 3. The number of unbranched alkanes of at least 4 members (excludes halogenated alkanes) is 17. The molecule has 0 aliphatic carbocycles. The minimum atomic E-state index is -0.804. The molecule has 0 aromatic heterocycles. The monoisotopic (exact) mass is 821 g/mol. The highest BCUT2D eigenvalue weighted by atomic mass is 16.6. The third-order valence-corrected chi connectivity index (χ3v) is 9.86. The molecule has 0 saturated heterocycles. The second-order valence-corrected chi connectivity index (χ2v) is 15.6. The Morgan fingerprint density at radius 1 is 0.356 bits per heavy atom. The fourth-order valence-electron chi connectivity index (χ4n) is 6.29. The summed E-state index contributed by atoms with van der Waals surface area (Å²) in [6.45, 7) is 6.33. The molecule has 1 atom stereocenters. The Hall–Kier alpha value is -3.41. The summed E-state index contributed by atoms with van der Waals surface area (Å²) >= 11 is 0. The summed E-state index contributed by atoms with van der Waals surface area (Å²) in [6, 6.07) is 0. The molecule has 6 heteroatoms. The van der Waals surface area contributed by atoms with Crippen molar-refractivity contribution in [1.82, 2.24) is 0 Å². The van der Waals surface area contributed by atoms with E-state index in [0.29, 0.717) is 19.3 Å². The Kier molecular flexibility index (Phi) is 44.5. The van der Waals surface area contributed by atoms with Crippen molar-refractivity contribution in [2.75, 3.05) is 13.2 Å². The Balaban J connectivity index is 4.47. The first-order chi connectivity index (χ1) is 29.0. The van der Waals surface area contributed by atoms with Crippen LogP contribution in [0.1, 0.15) is 213 Å². The molecule has 59 heavy (non-hydrogen) atoms. The average molecular weight is 821 g/mol. The summed E-state index contributed by atoms with van der Waals surface area (Å²) in [6.07, 6.45) is 60.0. The topological polar surface area (TPSA) is 78.9 Å². The number of ether oxygens (including phenoxy) is 3. The van der Waals surface area contributed by atoms with Gasteiger partial charge < -0.3 is 14.2 Å². The molecular formula is C53H88O6. The number of allylic oxidation sites excluding steroid dienone is 14. The molecule has 0 spiro atoms. The SMILES string of the molecule is CC/C=C\C/C=C\C/C=C\CCCCCCCCC(=O)OCC(COC(=O)CCCC/C=C\C/C=C\C/C=C\CC)OC(=O)CCCCC/C=C\CCCCCCCC. The van der Waals surface area contributed by atoms with Crippen LogP contribution in [0.3, 0.4) is 0 Å². The minimum absolute atomic E-state index is 0.103. The van der Waals surface area contributed by atoms with Gasteiger partial charge in [-0.1, -0.05) is 170 Å². The van der Waals surface area contributed by atoms with E-state index in [1.165, 1.54) is 51.4 Å². The van der Waals surface area contributed by atoms with Crippen molar-refractivity contribution in [1.29, 1.82) is 0 Å². The molecule has 0 amide bonds. The lowest BCUT2D eigenvalue weighted by atomic mass is 10.1. The van der Waals surface area contributed by atoms with Crippen LogP contribution in [0.4, 0.5) is 0 Å². The molecule has 0 heterocycles. The third-order valence-electron chi connectivity index (χ3n) is 9.86. The molecular weight excluding hydrogens is 733 g/mol. The van der Waals surface area contributed by atoms with E-state index in [2.05, 4.69) is 106 Å². The lowest BCUT2D eigenvalue weighted by molar-refractivity contribution is -0.167. The fourth-order valence-corrected chi connectivity index (χ4v) is 6.29. The van der Waals surface area contributed by atoms with Crippen LogP contribution in [-0.4, -0.2) is 37.2 Å². The van der Waals surface area contributed by atoms with Crippen molar-refractivity contribution in [3.8, 4) is 0 Å². The van der Waals surface area contributed by atoms with Crippen LogP contribution in [0.25, 0.3) is 0 Å². The van der Waals surface area contributed by atoms with Gasteiger partial charge in [0.05, 0.1) is 0 Å². The van der Waals surface area contributed by atoms with Gasteiger partial charge in [-0.15, -0.1) is 0 Å². The van der Waals surface area contributed by atoms with E-state index >= 15 is 0 Å². The highest BCUT2D eigenvalue weighted by Gasteiger charge is 2.19. The Morgan fingerprint density at radius 2 is 0.661 bits per heavy atom. The number of hydrogen-bond donors (Lipinski definition) is 0. The van der Waals surface area contributed by atoms with Gasteiger partial charge in [-0.2, -0.15) is 0 Å². The van der Waals surface area contributed by atoms with Gasteiger partial charge in [-0.05, 0) is 109 Å². The Morgan fingerprint density at radius 3 is 1.10 bits per heavy atom. The maximum Gasteiger partial charge on any atom is 0.306 e. The zero-order valence-electron chi connectivity index (χ0n) is 38.2. The maximum absolute atomic E-state index is 12.7. The van der Waals surface area contributed by atoms with Crippen molar-refractivity contribution in [3.63, 3.8) is 0 Å². The molecule has 0 saturated carbocycles. The molecule has 0 aliphatic rings. The van der Waals surface area contributed by atoms with E-state index in [0.717, 1.165) is 122 Å². The molecule has 0 fully saturated rings. The van der Waals surface area contributed by atoms with Crippen molar-refractivity contribution in [2.45, 2.75) is 219 Å². The molecule has 0 radical (unpaired) electrons. The molecule has 0 rings (SSSR count). The Labute approximate surface area is 363 Å². The second-order valence-electron chi connectivity index (χ2n) is 15.6. The van der Waals surface area contributed by atoms with Crippen LogP contribution >= 0.6 is 0 Å². The zero-order valence-corrected chi connectivity index (χ0v) is 38.2. The van der Waals surface area contributed by atoms with E-state index in [9.17, 15) is 14.4 Å². The van der Waals surface area contributed by atoms with Crippen LogP contribution in [0, 0.1) is 0 Å². The summed E-state index contributed by atoms with van der Waals surface area (Å²) in [5, 5.41) is 0. The second kappa shape index (κ2) is 47.3. The van der Waals surface area contributed by atoms with Crippen molar-refractivity contribution in [3.05, 3.63) is 85.1 Å². The van der Waals surface area contributed by atoms with Crippen LogP contribution in [0.2, 0.25) is 0 Å². The molecule has 336 valence electrons. The molecule has 6 nitrogen and oxygen atoms in total.